The number of carbonyl (C=O) groups excluding carboxylic acids is 2. The molecule has 6 heteroatoms. The maximum Gasteiger partial charge on any atom is 0.227 e. The van der Waals surface area contributed by atoms with E-state index in [0.29, 0.717) is 25.9 Å². The van der Waals surface area contributed by atoms with E-state index in [1.807, 2.05) is 37.8 Å². The van der Waals surface area contributed by atoms with Gasteiger partial charge in [0.05, 0.1) is 5.69 Å². The summed E-state index contributed by atoms with van der Waals surface area (Å²) in [5, 5.41) is 3.08. The number of carbonyl (C=O) groups is 2. The van der Waals surface area contributed by atoms with Gasteiger partial charge in [0.2, 0.25) is 11.8 Å². The van der Waals surface area contributed by atoms with Crippen molar-refractivity contribution in [2.75, 3.05) is 36.4 Å². The molecule has 2 aliphatic heterocycles. The molecule has 0 atom stereocenters. The topological polar surface area (TPSA) is 65.5 Å². The van der Waals surface area contributed by atoms with Crippen LogP contribution in [0.5, 0.6) is 0 Å². The number of nitrogens with one attached hydrogen (secondary N) is 1. The number of hydrogen-bond acceptors (Lipinski definition) is 4. The first kappa shape index (κ1) is 18.7. The molecule has 2 aliphatic rings. The molecule has 1 N–H and O–H groups in total. The molecule has 0 saturated carbocycles. The zero-order chi connectivity index (χ0) is 18.7. The van der Waals surface area contributed by atoms with Gasteiger partial charge in [-0.25, -0.2) is 4.98 Å². The molecule has 6 nitrogen and oxygen atoms in total. The minimum absolute atomic E-state index is 0.0429. The fourth-order valence-electron chi connectivity index (χ4n) is 3.73. The van der Waals surface area contributed by atoms with E-state index in [-0.39, 0.29) is 23.1 Å². The lowest BCUT2D eigenvalue weighted by Gasteiger charge is -2.35. The van der Waals surface area contributed by atoms with E-state index >= 15 is 0 Å². The predicted octanol–water partition coefficient (Wildman–Crippen LogP) is 2.91. The van der Waals surface area contributed by atoms with Crippen molar-refractivity contribution in [3.63, 3.8) is 0 Å². The summed E-state index contributed by atoms with van der Waals surface area (Å²) >= 11 is 0. The van der Waals surface area contributed by atoms with Crippen molar-refractivity contribution in [2.45, 2.75) is 46.5 Å². The van der Waals surface area contributed by atoms with Gasteiger partial charge in [-0.05, 0) is 37.8 Å². The molecule has 0 unspecified atom stereocenters. The van der Waals surface area contributed by atoms with Crippen LogP contribution in [0.1, 0.15) is 46.5 Å². The SMILES string of the molecule is CC(C)(C)C(=O)N1CCC(C(=O)Nc2cccnc2N2CCCC2)CC1. The minimum atomic E-state index is -0.366. The molecule has 0 spiro atoms. The Balaban J connectivity index is 1.59. The fraction of sp³-hybridized carbons (Fsp3) is 0.650. The Morgan fingerprint density at radius 2 is 1.77 bits per heavy atom. The van der Waals surface area contributed by atoms with Crippen molar-refractivity contribution in [3.8, 4) is 0 Å². The molecule has 0 radical (unpaired) electrons. The van der Waals surface area contributed by atoms with Crippen LogP contribution in [-0.4, -0.2) is 47.9 Å². The second-order valence-electron chi connectivity index (χ2n) is 8.37. The molecule has 1 aromatic heterocycles. The highest BCUT2D eigenvalue weighted by atomic mass is 16.2. The van der Waals surface area contributed by atoms with Crippen LogP contribution in [0.3, 0.4) is 0 Å². The van der Waals surface area contributed by atoms with E-state index in [9.17, 15) is 9.59 Å². The zero-order valence-electron chi connectivity index (χ0n) is 16.1. The van der Waals surface area contributed by atoms with Gasteiger partial charge in [0.25, 0.3) is 0 Å². The number of rotatable bonds is 3. The van der Waals surface area contributed by atoms with Crippen LogP contribution < -0.4 is 10.2 Å². The molecular formula is C20H30N4O2. The van der Waals surface area contributed by atoms with E-state index in [1.165, 1.54) is 12.8 Å². The number of likely N-dealkylation sites (tertiary alicyclic amines) is 1. The molecule has 2 fully saturated rings. The van der Waals surface area contributed by atoms with Gasteiger partial charge in [0.15, 0.2) is 5.82 Å². The number of anilines is 2. The van der Waals surface area contributed by atoms with E-state index in [2.05, 4.69) is 15.2 Å². The van der Waals surface area contributed by atoms with Gasteiger partial charge in [-0.3, -0.25) is 9.59 Å². The normalized spacial score (nSPS) is 18.9. The molecule has 0 aliphatic carbocycles. The van der Waals surface area contributed by atoms with E-state index in [0.717, 1.165) is 24.6 Å². The summed E-state index contributed by atoms with van der Waals surface area (Å²) in [6.07, 6.45) is 5.55. The van der Waals surface area contributed by atoms with Crippen LogP contribution in [0.25, 0.3) is 0 Å². The van der Waals surface area contributed by atoms with E-state index < -0.39 is 0 Å². The Kier molecular flexibility index (Phi) is 5.49. The molecule has 1 aromatic rings. The van der Waals surface area contributed by atoms with Gasteiger partial charge in [0, 0.05) is 43.7 Å². The number of amides is 2. The number of hydrogen-bond donors (Lipinski definition) is 1. The number of piperidine rings is 1. The molecule has 142 valence electrons. The van der Waals surface area contributed by atoms with Gasteiger partial charge in [-0.1, -0.05) is 20.8 Å². The summed E-state index contributed by atoms with van der Waals surface area (Å²) in [5.41, 5.74) is 0.433. The summed E-state index contributed by atoms with van der Waals surface area (Å²) in [5.74, 6) is 1.03. The summed E-state index contributed by atoms with van der Waals surface area (Å²) in [4.78, 5) is 33.7. The second-order valence-corrected chi connectivity index (χ2v) is 8.37. The first-order chi connectivity index (χ1) is 12.4. The number of nitrogens with zero attached hydrogens (tertiary/aromatic N) is 3. The highest BCUT2D eigenvalue weighted by Gasteiger charge is 2.32. The standard InChI is InChI=1S/C20H30N4O2/c1-20(2,3)19(26)24-13-8-15(9-14-24)18(25)22-16-7-6-10-21-17(16)23-11-4-5-12-23/h6-7,10,15H,4-5,8-9,11-14H2,1-3H3,(H,22,25). The monoisotopic (exact) mass is 358 g/mol. The van der Waals surface area contributed by atoms with E-state index in [4.69, 9.17) is 0 Å². The number of aromatic nitrogens is 1. The summed E-state index contributed by atoms with van der Waals surface area (Å²) in [6.45, 7) is 9.12. The molecule has 0 bridgehead atoms. The summed E-state index contributed by atoms with van der Waals surface area (Å²) < 4.78 is 0. The van der Waals surface area contributed by atoms with Crippen LogP contribution in [-0.2, 0) is 9.59 Å². The average Bonchev–Trinajstić information content (AvgIpc) is 3.15. The highest BCUT2D eigenvalue weighted by molar-refractivity contribution is 5.95. The van der Waals surface area contributed by atoms with Crippen molar-refractivity contribution < 1.29 is 9.59 Å². The summed E-state index contributed by atoms with van der Waals surface area (Å²) in [7, 11) is 0. The van der Waals surface area contributed by atoms with E-state index in [1.54, 1.807) is 6.20 Å². The molecular weight excluding hydrogens is 328 g/mol. The Morgan fingerprint density at radius 3 is 2.38 bits per heavy atom. The Hall–Kier alpha value is -2.11. The maximum atomic E-state index is 12.7. The van der Waals surface area contributed by atoms with Crippen LogP contribution in [0.2, 0.25) is 0 Å². The Morgan fingerprint density at radius 1 is 1.12 bits per heavy atom. The Bertz CT molecular complexity index is 654. The maximum absolute atomic E-state index is 12.7. The fourth-order valence-corrected chi connectivity index (χ4v) is 3.73. The molecule has 0 aromatic carbocycles. The molecule has 3 rings (SSSR count). The first-order valence-electron chi connectivity index (χ1n) is 9.66. The van der Waals surface area contributed by atoms with Gasteiger partial charge < -0.3 is 15.1 Å². The summed E-state index contributed by atoms with van der Waals surface area (Å²) in [6, 6.07) is 3.79. The average molecular weight is 358 g/mol. The third-order valence-electron chi connectivity index (χ3n) is 5.24. The lowest BCUT2D eigenvalue weighted by atomic mass is 9.90. The Labute approximate surface area is 156 Å². The smallest absolute Gasteiger partial charge is 0.227 e. The van der Waals surface area contributed by atoms with Crippen LogP contribution in [0.15, 0.2) is 18.3 Å². The number of pyridine rings is 1. The highest BCUT2D eigenvalue weighted by Crippen LogP contribution is 2.28. The lowest BCUT2D eigenvalue weighted by molar-refractivity contribution is -0.142. The predicted molar refractivity (Wildman–Crippen MR) is 103 cm³/mol. The van der Waals surface area contributed by atoms with Crippen molar-refractivity contribution in [1.82, 2.24) is 9.88 Å². The van der Waals surface area contributed by atoms with Gasteiger partial charge >= 0.3 is 0 Å². The zero-order valence-corrected chi connectivity index (χ0v) is 16.1. The molecule has 3 heterocycles. The second kappa shape index (κ2) is 7.64. The third-order valence-corrected chi connectivity index (χ3v) is 5.24. The third kappa shape index (κ3) is 4.17. The molecule has 2 saturated heterocycles. The van der Waals surface area contributed by atoms with Gasteiger partial charge in [-0.15, -0.1) is 0 Å². The van der Waals surface area contributed by atoms with Crippen molar-refractivity contribution >= 4 is 23.3 Å². The quantitative estimate of drug-likeness (QED) is 0.902. The van der Waals surface area contributed by atoms with Crippen molar-refractivity contribution in [1.29, 1.82) is 0 Å². The van der Waals surface area contributed by atoms with Crippen molar-refractivity contribution in [2.24, 2.45) is 11.3 Å². The van der Waals surface area contributed by atoms with Crippen LogP contribution >= 0.6 is 0 Å². The minimum Gasteiger partial charge on any atom is -0.355 e. The van der Waals surface area contributed by atoms with Gasteiger partial charge in [-0.2, -0.15) is 0 Å². The van der Waals surface area contributed by atoms with Gasteiger partial charge in [0.1, 0.15) is 0 Å². The lowest BCUT2D eigenvalue weighted by Crippen LogP contribution is -2.45. The first-order valence-corrected chi connectivity index (χ1v) is 9.66. The molecule has 26 heavy (non-hydrogen) atoms. The van der Waals surface area contributed by atoms with Crippen LogP contribution in [0.4, 0.5) is 11.5 Å². The largest absolute Gasteiger partial charge is 0.355 e. The van der Waals surface area contributed by atoms with Crippen molar-refractivity contribution in [3.05, 3.63) is 18.3 Å². The molecule has 2 amide bonds. The van der Waals surface area contributed by atoms with Crippen LogP contribution in [0, 0.1) is 11.3 Å².